The van der Waals surface area contributed by atoms with E-state index in [1.165, 1.54) is 0 Å². The number of methoxy groups -OCH3 is 1. The summed E-state index contributed by atoms with van der Waals surface area (Å²) in [7, 11) is 1.56. The smallest absolute Gasteiger partial charge is 0.316 e. The van der Waals surface area contributed by atoms with Gasteiger partial charge in [-0.3, -0.25) is 9.78 Å². The Balaban J connectivity index is 2.39. The number of nitrogens with zero attached hydrogens (tertiary/aromatic N) is 1. The van der Waals surface area contributed by atoms with Crippen molar-refractivity contribution in [3.63, 3.8) is 0 Å². The first kappa shape index (κ1) is 10.9. The number of aliphatic carboxylic acids is 1. The molecule has 1 saturated carbocycles. The molecule has 1 aromatic rings. The van der Waals surface area contributed by atoms with Crippen LogP contribution in [0.3, 0.4) is 0 Å². The minimum Gasteiger partial charge on any atom is -0.495 e. The average Bonchev–Trinajstić information content (AvgIpc) is 2.84. The predicted molar refractivity (Wildman–Crippen MR) is 58.5 cm³/mol. The van der Waals surface area contributed by atoms with Crippen LogP contribution < -0.4 is 4.74 Å². The van der Waals surface area contributed by atoms with Crippen LogP contribution in [0.4, 0.5) is 0 Å². The number of ether oxygens (including phenoxy) is 1. The van der Waals surface area contributed by atoms with E-state index in [1.807, 2.05) is 13.8 Å². The molecule has 1 atom stereocenters. The van der Waals surface area contributed by atoms with Gasteiger partial charge in [-0.2, -0.15) is 0 Å². The second-order valence-corrected chi connectivity index (χ2v) is 4.85. The van der Waals surface area contributed by atoms with Gasteiger partial charge in [-0.15, -0.1) is 0 Å². The molecular formula is C12H15NO3. The fourth-order valence-corrected chi connectivity index (χ4v) is 2.28. The van der Waals surface area contributed by atoms with Crippen LogP contribution in [0.25, 0.3) is 0 Å². The maximum atomic E-state index is 11.4. The number of hydrogen-bond donors (Lipinski definition) is 1. The number of carbonyl (C=O) groups is 1. The molecule has 0 radical (unpaired) electrons. The fourth-order valence-electron chi connectivity index (χ4n) is 2.28. The zero-order valence-electron chi connectivity index (χ0n) is 9.65. The summed E-state index contributed by atoms with van der Waals surface area (Å²) in [5.74, 6) is -0.155. The Morgan fingerprint density at radius 2 is 2.12 bits per heavy atom. The lowest BCUT2D eigenvalue weighted by Crippen LogP contribution is -2.26. The van der Waals surface area contributed by atoms with E-state index in [4.69, 9.17) is 4.74 Å². The highest BCUT2D eigenvalue weighted by molar-refractivity contribution is 5.86. The van der Waals surface area contributed by atoms with Gasteiger partial charge in [-0.1, -0.05) is 13.8 Å². The van der Waals surface area contributed by atoms with Crippen molar-refractivity contribution in [1.29, 1.82) is 0 Å². The minimum atomic E-state index is -0.820. The summed E-state index contributed by atoms with van der Waals surface area (Å²) in [5.41, 5.74) is -0.425. The van der Waals surface area contributed by atoms with Gasteiger partial charge in [-0.05, 0) is 24.0 Å². The summed E-state index contributed by atoms with van der Waals surface area (Å²) in [6.45, 7) is 3.90. The highest BCUT2D eigenvalue weighted by Crippen LogP contribution is 2.63. The first-order chi connectivity index (χ1) is 7.44. The monoisotopic (exact) mass is 221 g/mol. The van der Waals surface area contributed by atoms with Crippen molar-refractivity contribution < 1.29 is 14.6 Å². The third kappa shape index (κ3) is 1.29. The molecule has 1 unspecified atom stereocenters. The van der Waals surface area contributed by atoms with Crippen LogP contribution >= 0.6 is 0 Å². The quantitative estimate of drug-likeness (QED) is 0.846. The number of carboxylic acids is 1. The molecule has 0 saturated heterocycles. The normalized spacial score (nSPS) is 26.2. The molecule has 1 aromatic heterocycles. The number of carboxylic acid groups (broad SMARTS) is 1. The second-order valence-electron chi connectivity index (χ2n) is 4.85. The lowest BCUT2D eigenvalue weighted by molar-refractivity contribution is -0.141. The van der Waals surface area contributed by atoms with E-state index in [0.29, 0.717) is 17.9 Å². The molecule has 4 nitrogen and oxygen atoms in total. The topological polar surface area (TPSA) is 59.4 Å². The molecule has 86 valence electrons. The maximum Gasteiger partial charge on any atom is 0.316 e. The maximum absolute atomic E-state index is 11.4. The van der Waals surface area contributed by atoms with Crippen LogP contribution in [0.1, 0.15) is 26.0 Å². The van der Waals surface area contributed by atoms with E-state index in [0.717, 1.165) is 0 Å². The van der Waals surface area contributed by atoms with Crippen LogP contribution in [0, 0.1) is 5.41 Å². The van der Waals surface area contributed by atoms with Crippen LogP contribution in [0.15, 0.2) is 18.3 Å². The summed E-state index contributed by atoms with van der Waals surface area (Å²) >= 11 is 0. The molecule has 0 spiro atoms. The number of aromatic nitrogens is 1. The van der Waals surface area contributed by atoms with Crippen molar-refractivity contribution in [3.8, 4) is 5.75 Å². The third-order valence-electron chi connectivity index (χ3n) is 3.51. The van der Waals surface area contributed by atoms with Gasteiger partial charge in [0.15, 0.2) is 0 Å². The van der Waals surface area contributed by atoms with Crippen molar-refractivity contribution in [3.05, 3.63) is 24.0 Å². The zero-order valence-corrected chi connectivity index (χ0v) is 9.65. The molecule has 1 aliphatic rings. The first-order valence-corrected chi connectivity index (χ1v) is 5.18. The highest BCUT2D eigenvalue weighted by atomic mass is 16.5. The molecule has 0 aromatic carbocycles. The summed E-state index contributed by atoms with van der Waals surface area (Å²) < 4.78 is 5.00. The van der Waals surface area contributed by atoms with E-state index in [1.54, 1.807) is 25.4 Å². The lowest BCUT2D eigenvalue weighted by atomic mass is 9.92. The standard InChI is InChI=1S/C12H15NO3/c1-11(2)7-12(11,10(14)15)9-5-4-8(16-3)6-13-9/h4-6H,7H2,1-3H3,(H,14,15). The summed E-state index contributed by atoms with van der Waals surface area (Å²) in [6.07, 6.45) is 2.20. The molecule has 1 aliphatic carbocycles. The van der Waals surface area contributed by atoms with Gasteiger partial charge in [0.25, 0.3) is 0 Å². The zero-order chi connectivity index (χ0) is 12.0. The van der Waals surface area contributed by atoms with E-state index >= 15 is 0 Å². The summed E-state index contributed by atoms with van der Waals surface area (Å²) in [4.78, 5) is 15.6. The van der Waals surface area contributed by atoms with Crippen LogP contribution in [-0.2, 0) is 10.2 Å². The fraction of sp³-hybridized carbons (Fsp3) is 0.500. The molecule has 1 N–H and O–H groups in total. The van der Waals surface area contributed by atoms with Crippen molar-refractivity contribution in [1.82, 2.24) is 4.98 Å². The Labute approximate surface area is 94.3 Å². The Morgan fingerprint density at radius 1 is 1.50 bits per heavy atom. The molecule has 1 fully saturated rings. The second kappa shape index (κ2) is 3.20. The number of rotatable bonds is 3. The van der Waals surface area contributed by atoms with E-state index in [9.17, 15) is 9.90 Å². The summed E-state index contributed by atoms with van der Waals surface area (Å²) in [6, 6.07) is 3.49. The van der Waals surface area contributed by atoms with Gasteiger partial charge in [0.05, 0.1) is 19.0 Å². The van der Waals surface area contributed by atoms with E-state index in [2.05, 4.69) is 4.98 Å². The van der Waals surface area contributed by atoms with Crippen molar-refractivity contribution in [2.75, 3.05) is 7.11 Å². The van der Waals surface area contributed by atoms with Gasteiger partial charge < -0.3 is 9.84 Å². The summed E-state index contributed by atoms with van der Waals surface area (Å²) in [5, 5.41) is 9.35. The minimum absolute atomic E-state index is 0.222. The molecule has 4 heteroatoms. The van der Waals surface area contributed by atoms with Gasteiger partial charge >= 0.3 is 5.97 Å². The van der Waals surface area contributed by atoms with Crippen molar-refractivity contribution in [2.24, 2.45) is 5.41 Å². The van der Waals surface area contributed by atoms with Gasteiger partial charge in [0.1, 0.15) is 11.2 Å². The molecular weight excluding hydrogens is 206 g/mol. The highest BCUT2D eigenvalue weighted by Gasteiger charge is 2.68. The number of pyridine rings is 1. The Morgan fingerprint density at radius 3 is 2.44 bits per heavy atom. The van der Waals surface area contributed by atoms with Crippen LogP contribution in [0.5, 0.6) is 5.75 Å². The van der Waals surface area contributed by atoms with Crippen molar-refractivity contribution in [2.45, 2.75) is 25.7 Å². The molecule has 2 rings (SSSR count). The third-order valence-corrected chi connectivity index (χ3v) is 3.51. The van der Waals surface area contributed by atoms with Gasteiger partial charge in [-0.25, -0.2) is 0 Å². The Bertz CT molecular complexity index is 424. The molecule has 1 heterocycles. The van der Waals surface area contributed by atoms with Crippen LogP contribution in [0.2, 0.25) is 0 Å². The Kier molecular flexibility index (Phi) is 2.19. The molecule has 0 amide bonds. The van der Waals surface area contributed by atoms with Gasteiger partial charge in [0.2, 0.25) is 0 Å². The Hall–Kier alpha value is -1.58. The van der Waals surface area contributed by atoms with Crippen molar-refractivity contribution >= 4 is 5.97 Å². The average molecular weight is 221 g/mol. The molecule has 16 heavy (non-hydrogen) atoms. The molecule has 0 aliphatic heterocycles. The number of hydrogen-bond acceptors (Lipinski definition) is 3. The van der Waals surface area contributed by atoms with Crippen LogP contribution in [-0.4, -0.2) is 23.2 Å². The van der Waals surface area contributed by atoms with E-state index < -0.39 is 11.4 Å². The predicted octanol–water partition coefficient (Wildman–Crippen LogP) is 1.84. The first-order valence-electron chi connectivity index (χ1n) is 5.18. The molecule has 0 bridgehead atoms. The largest absolute Gasteiger partial charge is 0.495 e. The lowest BCUT2D eigenvalue weighted by Gasteiger charge is -2.15. The van der Waals surface area contributed by atoms with Gasteiger partial charge in [0, 0.05) is 0 Å². The SMILES string of the molecule is COc1ccc(C2(C(=O)O)CC2(C)C)nc1. The van der Waals surface area contributed by atoms with E-state index in [-0.39, 0.29) is 5.41 Å².